The van der Waals surface area contributed by atoms with E-state index in [1.165, 1.54) is 23.2 Å². The Kier molecular flexibility index (Phi) is 6.74. The number of hydrogen-bond acceptors (Lipinski definition) is 4. The zero-order valence-electron chi connectivity index (χ0n) is 17.4. The summed E-state index contributed by atoms with van der Waals surface area (Å²) in [6, 6.07) is 12.9. The van der Waals surface area contributed by atoms with Gasteiger partial charge in [-0.2, -0.15) is 0 Å². The number of nitrogens with one attached hydrogen (secondary N) is 1. The van der Waals surface area contributed by atoms with Crippen molar-refractivity contribution in [3.05, 3.63) is 75.3 Å². The number of rotatable bonds is 5. The number of hydrogen-bond donors (Lipinski definition) is 1. The molecule has 1 N–H and O–H groups in total. The van der Waals surface area contributed by atoms with E-state index >= 15 is 0 Å². The Morgan fingerprint density at radius 3 is 2.17 bits per heavy atom. The van der Waals surface area contributed by atoms with E-state index in [0.717, 1.165) is 12.0 Å². The summed E-state index contributed by atoms with van der Waals surface area (Å²) in [4.78, 5) is 36.4. The molecule has 7 heteroatoms. The minimum atomic E-state index is -0.743. The zero-order valence-corrected chi connectivity index (χ0v) is 17.4. The van der Waals surface area contributed by atoms with Crippen LogP contribution in [0.5, 0.6) is 0 Å². The second-order valence-corrected chi connectivity index (χ2v) is 8.32. The molecule has 154 valence electrons. The van der Waals surface area contributed by atoms with Gasteiger partial charge in [-0.15, -0.1) is 0 Å². The molecule has 2 amide bonds. The van der Waals surface area contributed by atoms with Crippen molar-refractivity contribution in [1.29, 1.82) is 0 Å². The van der Waals surface area contributed by atoms with E-state index in [0.29, 0.717) is 11.5 Å². The second-order valence-electron chi connectivity index (χ2n) is 8.32. The number of amides is 2. The molecule has 0 aliphatic carbocycles. The molecule has 7 nitrogen and oxygen atoms in total. The molecular weight excluding hydrogens is 370 g/mol. The van der Waals surface area contributed by atoms with Crippen LogP contribution in [-0.4, -0.2) is 27.3 Å². The standard InChI is InChI=1S/C22H27N3O4/c1-15(2)14-16-10-12-17(13-11-16)21(27)24(22(3,4)5)23-20(26)18-8-6-7-9-19(18)25(28)29/h6-13,15H,14H2,1-5H3,(H,23,26). The van der Waals surface area contributed by atoms with Gasteiger partial charge in [0, 0.05) is 11.6 Å². The summed E-state index contributed by atoms with van der Waals surface area (Å²) in [5.74, 6) is -0.596. The van der Waals surface area contributed by atoms with Crippen molar-refractivity contribution in [2.75, 3.05) is 0 Å². The first-order valence-corrected chi connectivity index (χ1v) is 9.48. The summed E-state index contributed by atoms with van der Waals surface area (Å²) >= 11 is 0. The summed E-state index contributed by atoms with van der Waals surface area (Å²) in [7, 11) is 0. The Morgan fingerprint density at radius 2 is 1.66 bits per heavy atom. The topological polar surface area (TPSA) is 92.6 Å². The van der Waals surface area contributed by atoms with Gasteiger partial charge in [-0.05, 0) is 56.9 Å². The summed E-state index contributed by atoms with van der Waals surface area (Å²) in [6.07, 6.45) is 0.909. The maximum atomic E-state index is 13.1. The lowest BCUT2D eigenvalue weighted by Gasteiger charge is -2.35. The Labute approximate surface area is 170 Å². The molecule has 0 atom stereocenters. The highest BCUT2D eigenvalue weighted by Crippen LogP contribution is 2.20. The molecule has 0 spiro atoms. The SMILES string of the molecule is CC(C)Cc1ccc(C(=O)N(NC(=O)c2ccccc2[N+](=O)[O-])C(C)(C)C)cc1. The first-order chi connectivity index (χ1) is 13.5. The summed E-state index contributed by atoms with van der Waals surface area (Å²) in [5, 5.41) is 12.4. The average Bonchev–Trinajstić information content (AvgIpc) is 2.64. The molecule has 2 rings (SSSR count). The number of carbonyl (C=O) groups is 2. The number of hydrazine groups is 1. The van der Waals surface area contributed by atoms with Gasteiger partial charge in [0.05, 0.1) is 10.5 Å². The van der Waals surface area contributed by atoms with E-state index in [4.69, 9.17) is 0 Å². The molecular formula is C22H27N3O4. The van der Waals surface area contributed by atoms with Gasteiger partial charge in [0.1, 0.15) is 5.56 Å². The highest BCUT2D eigenvalue weighted by molar-refractivity contribution is 6.01. The third-order valence-corrected chi connectivity index (χ3v) is 4.28. The van der Waals surface area contributed by atoms with Crippen molar-refractivity contribution in [1.82, 2.24) is 10.4 Å². The predicted octanol–water partition coefficient (Wildman–Crippen LogP) is 4.38. The number of carbonyl (C=O) groups excluding carboxylic acids is 2. The Balaban J connectivity index is 2.29. The molecule has 0 bridgehead atoms. The molecule has 0 aliphatic heterocycles. The normalized spacial score (nSPS) is 11.2. The van der Waals surface area contributed by atoms with E-state index in [9.17, 15) is 19.7 Å². The van der Waals surface area contributed by atoms with Crippen LogP contribution in [0.15, 0.2) is 48.5 Å². The predicted molar refractivity (Wildman–Crippen MR) is 111 cm³/mol. The van der Waals surface area contributed by atoms with Gasteiger partial charge < -0.3 is 0 Å². The first-order valence-electron chi connectivity index (χ1n) is 9.48. The highest BCUT2D eigenvalue weighted by atomic mass is 16.6. The van der Waals surface area contributed by atoms with Gasteiger partial charge in [0.15, 0.2) is 0 Å². The third kappa shape index (κ3) is 5.63. The fourth-order valence-corrected chi connectivity index (χ4v) is 2.89. The molecule has 0 aromatic heterocycles. The van der Waals surface area contributed by atoms with Crippen LogP contribution >= 0.6 is 0 Å². The lowest BCUT2D eigenvalue weighted by atomic mass is 10.0. The largest absolute Gasteiger partial charge is 0.282 e. The smallest absolute Gasteiger partial charge is 0.267 e. The van der Waals surface area contributed by atoms with Crippen LogP contribution in [0.1, 0.15) is 60.9 Å². The van der Waals surface area contributed by atoms with Gasteiger partial charge >= 0.3 is 0 Å². The molecule has 0 saturated carbocycles. The molecule has 0 heterocycles. The number of nitro groups is 1. The van der Waals surface area contributed by atoms with E-state index in [-0.39, 0.29) is 17.2 Å². The minimum Gasteiger partial charge on any atom is -0.267 e. The van der Waals surface area contributed by atoms with Crippen LogP contribution in [0.25, 0.3) is 0 Å². The second kappa shape index (κ2) is 8.86. The van der Waals surface area contributed by atoms with Gasteiger partial charge in [0.2, 0.25) is 0 Å². The number of para-hydroxylation sites is 1. The van der Waals surface area contributed by atoms with Gasteiger partial charge in [-0.3, -0.25) is 25.1 Å². The van der Waals surface area contributed by atoms with Crippen molar-refractivity contribution in [3.63, 3.8) is 0 Å². The molecule has 2 aromatic carbocycles. The van der Waals surface area contributed by atoms with Crippen LogP contribution < -0.4 is 5.43 Å². The highest BCUT2D eigenvalue weighted by Gasteiger charge is 2.31. The van der Waals surface area contributed by atoms with Gasteiger partial charge in [-0.1, -0.05) is 38.1 Å². The number of nitro benzene ring substituents is 1. The maximum Gasteiger partial charge on any atom is 0.282 e. The van der Waals surface area contributed by atoms with Crippen molar-refractivity contribution >= 4 is 17.5 Å². The van der Waals surface area contributed by atoms with E-state index in [2.05, 4.69) is 19.3 Å². The van der Waals surface area contributed by atoms with Crippen LogP contribution in [-0.2, 0) is 6.42 Å². The minimum absolute atomic E-state index is 0.105. The first kappa shape index (κ1) is 22.1. The molecule has 2 aromatic rings. The fourth-order valence-electron chi connectivity index (χ4n) is 2.89. The van der Waals surface area contributed by atoms with E-state index in [1.807, 2.05) is 12.1 Å². The van der Waals surface area contributed by atoms with Crippen LogP contribution in [0, 0.1) is 16.0 Å². The zero-order chi connectivity index (χ0) is 21.8. The van der Waals surface area contributed by atoms with Gasteiger partial charge in [0.25, 0.3) is 17.5 Å². The van der Waals surface area contributed by atoms with Crippen molar-refractivity contribution < 1.29 is 14.5 Å². The Bertz CT molecular complexity index is 899. The summed E-state index contributed by atoms with van der Waals surface area (Å²) in [6.45, 7) is 9.57. The third-order valence-electron chi connectivity index (χ3n) is 4.28. The number of nitrogens with zero attached hydrogens (tertiary/aromatic N) is 2. The number of benzene rings is 2. The van der Waals surface area contributed by atoms with E-state index in [1.54, 1.807) is 39.0 Å². The monoisotopic (exact) mass is 397 g/mol. The van der Waals surface area contributed by atoms with Crippen LogP contribution in [0.2, 0.25) is 0 Å². The van der Waals surface area contributed by atoms with Crippen molar-refractivity contribution in [2.24, 2.45) is 5.92 Å². The molecule has 0 unspecified atom stereocenters. The molecule has 0 fully saturated rings. The lowest BCUT2D eigenvalue weighted by Crippen LogP contribution is -2.55. The van der Waals surface area contributed by atoms with Crippen LogP contribution in [0.3, 0.4) is 0 Å². The average molecular weight is 397 g/mol. The molecule has 0 radical (unpaired) electrons. The van der Waals surface area contributed by atoms with Crippen molar-refractivity contribution in [2.45, 2.75) is 46.6 Å². The summed E-state index contributed by atoms with van der Waals surface area (Å²) < 4.78 is 0. The Morgan fingerprint density at radius 1 is 1.07 bits per heavy atom. The van der Waals surface area contributed by atoms with E-state index < -0.39 is 16.4 Å². The van der Waals surface area contributed by atoms with Crippen LogP contribution in [0.4, 0.5) is 5.69 Å². The quantitative estimate of drug-likeness (QED) is 0.598. The van der Waals surface area contributed by atoms with Gasteiger partial charge in [-0.25, -0.2) is 5.01 Å². The lowest BCUT2D eigenvalue weighted by molar-refractivity contribution is -0.385. The molecule has 29 heavy (non-hydrogen) atoms. The summed E-state index contributed by atoms with van der Waals surface area (Å²) in [5.41, 5.74) is 2.94. The fraction of sp³-hybridized carbons (Fsp3) is 0.364. The molecule has 0 saturated heterocycles. The molecule has 0 aliphatic rings. The Hall–Kier alpha value is -3.22. The van der Waals surface area contributed by atoms with Crippen molar-refractivity contribution in [3.8, 4) is 0 Å². The maximum absolute atomic E-state index is 13.1.